The number of rotatable bonds is 8. The molecule has 33 heavy (non-hydrogen) atoms. The Hall–Kier alpha value is -3.21. The van der Waals surface area contributed by atoms with Gasteiger partial charge in [-0.1, -0.05) is 24.7 Å². The summed E-state index contributed by atoms with van der Waals surface area (Å²) in [4.78, 5) is 32.7. The molecule has 3 rings (SSSR count). The first-order valence-electron chi connectivity index (χ1n) is 10.3. The zero-order chi connectivity index (χ0) is 24.0. The normalized spacial score (nSPS) is 12.2. The second-order valence-corrected chi connectivity index (χ2v) is 8.20. The van der Waals surface area contributed by atoms with E-state index in [1.807, 2.05) is 11.5 Å². The molecule has 0 fully saturated rings. The Kier molecular flexibility index (Phi) is 7.85. The van der Waals surface area contributed by atoms with Crippen LogP contribution in [0.15, 0.2) is 41.7 Å². The lowest BCUT2D eigenvalue weighted by Gasteiger charge is -2.13. The van der Waals surface area contributed by atoms with E-state index in [2.05, 4.69) is 15.3 Å². The maximum absolute atomic E-state index is 13.3. The number of pyridine rings is 1. The highest BCUT2D eigenvalue weighted by atomic mass is 32.1. The summed E-state index contributed by atoms with van der Waals surface area (Å²) in [7, 11) is 0. The van der Waals surface area contributed by atoms with Crippen molar-refractivity contribution in [3.63, 3.8) is 0 Å². The number of aryl methyl sites for hydroxylation is 1. The van der Waals surface area contributed by atoms with E-state index in [4.69, 9.17) is 4.74 Å². The summed E-state index contributed by atoms with van der Waals surface area (Å²) in [6.45, 7) is 4.08. The van der Waals surface area contributed by atoms with E-state index < -0.39 is 17.6 Å². The minimum absolute atomic E-state index is 0.0176. The summed E-state index contributed by atoms with van der Waals surface area (Å²) in [5.41, 5.74) is -0.474. The van der Waals surface area contributed by atoms with E-state index in [9.17, 15) is 22.8 Å². The van der Waals surface area contributed by atoms with Gasteiger partial charge in [-0.25, -0.2) is 0 Å². The molecule has 176 valence electrons. The number of ether oxygens (including phenoxy) is 1. The average molecular weight is 481 g/mol. The van der Waals surface area contributed by atoms with Crippen LogP contribution in [0.4, 0.5) is 13.2 Å². The summed E-state index contributed by atoms with van der Waals surface area (Å²) in [5.74, 6) is -1.15. The molecule has 0 saturated heterocycles. The van der Waals surface area contributed by atoms with Crippen molar-refractivity contribution in [2.45, 2.75) is 39.4 Å². The van der Waals surface area contributed by atoms with Gasteiger partial charge in [0.2, 0.25) is 5.91 Å². The van der Waals surface area contributed by atoms with Crippen LogP contribution in [0.25, 0.3) is 10.2 Å². The van der Waals surface area contributed by atoms with E-state index in [0.717, 1.165) is 41.3 Å². The third kappa shape index (κ3) is 6.19. The van der Waals surface area contributed by atoms with Gasteiger partial charge < -0.3 is 14.6 Å². The Morgan fingerprint density at radius 2 is 2.06 bits per heavy atom. The molecular formula is C22H23F3N4O3S. The van der Waals surface area contributed by atoms with Crippen LogP contribution in [0.5, 0.6) is 5.75 Å². The predicted octanol–water partition coefficient (Wildman–Crippen LogP) is 4.17. The van der Waals surface area contributed by atoms with Crippen LogP contribution in [0, 0.1) is 0 Å². The van der Waals surface area contributed by atoms with Gasteiger partial charge in [-0.05, 0) is 30.7 Å². The Balaban J connectivity index is 2.02. The number of thiazole rings is 1. The number of nitrogens with one attached hydrogen (secondary N) is 1. The first-order valence-corrected chi connectivity index (χ1v) is 11.1. The maximum atomic E-state index is 13.3. The monoisotopic (exact) mass is 480 g/mol. The van der Waals surface area contributed by atoms with Gasteiger partial charge >= 0.3 is 6.18 Å². The minimum Gasteiger partial charge on any atom is -0.491 e. The van der Waals surface area contributed by atoms with Gasteiger partial charge in [0.25, 0.3) is 5.91 Å². The Labute approximate surface area is 191 Å². The summed E-state index contributed by atoms with van der Waals surface area (Å²) in [6, 6.07) is 4.48. The van der Waals surface area contributed by atoms with Crippen molar-refractivity contribution >= 4 is 33.4 Å². The number of carbonyl (C=O) groups excluding carboxylic acids is 2. The van der Waals surface area contributed by atoms with Crippen molar-refractivity contribution in [1.29, 1.82) is 0 Å². The van der Waals surface area contributed by atoms with Crippen molar-refractivity contribution in [1.82, 2.24) is 14.9 Å². The standard InChI is InChI=1S/C22H23F3N4O3S/c1-3-4-10-29-17-13-26-8-7-19(17)33-21(29)28-20(31)16-12-15(22(23,24)25)5-6-18(16)32-11-9-27-14(2)30/h5-8,12-13H,3-4,9-11H2,1-2H3,(H,27,30)/b28-21-. The number of aromatic nitrogens is 2. The fourth-order valence-electron chi connectivity index (χ4n) is 3.07. The van der Waals surface area contributed by atoms with Gasteiger partial charge in [0.05, 0.1) is 34.1 Å². The number of hydrogen-bond acceptors (Lipinski definition) is 5. The summed E-state index contributed by atoms with van der Waals surface area (Å²) >= 11 is 1.26. The third-order valence-electron chi connectivity index (χ3n) is 4.69. The number of unbranched alkanes of at least 4 members (excludes halogenated alkanes) is 1. The average Bonchev–Trinajstić information content (AvgIpc) is 3.11. The second kappa shape index (κ2) is 10.6. The van der Waals surface area contributed by atoms with Crippen molar-refractivity contribution in [3.8, 4) is 5.75 Å². The van der Waals surface area contributed by atoms with Crippen molar-refractivity contribution < 1.29 is 27.5 Å². The number of hydrogen-bond donors (Lipinski definition) is 1. The fourth-order valence-corrected chi connectivity index (χ4v) is 4.09. The minimum atomic E-state index is -4.63. The van der Waals surface area contributed by atoms with Crippen molar-refractivity contribution in [3.05, 3.63) is 52.6 Å². The number of benzene rings is 1. The van der Waals surface area contributed by atoms with E-state index in [-0.39, 0.29) is 30.4 Å². The number of amides is 2. The highest BCUT2D eigenvalue weighted by Gasteiger charge is 2.32. The molecule has 0 aliphatic heterocycles. The summed E-state index contributed by atoms with van der Waals surface area (Å²) in [5, 5.41) is 2.52. The quantitative estimate of drug-likeness (QED) is 0.491. The van der Waals surface area contributed by atoms with Crippen molar-refractivity contribution in [2.24, 2.45) is 4.99 Å². The lowest BCUT2D eigenvalue weighted by Crippen LogP contribution is -2.25. The molecule has 7 nitrogen and oxygen atoms in total. The molecule has 1 aromatic carbocycles. The molecule has 0 aliphatic carbocycles. The van der Waals surface area contributed by atoms with E-state index >= 15 is 0 Å². The van der Waals surface area contributed by atoms with Crippen LogP contribution in [0.1, 0.15) is 42.6 Å². The molecule has 0 saturated carbocycles. The van der Waals surface area contributed by atoms with Crippen LogP contribution in [0.3, 0.4) is 0 Å². The number of nitrogens with zero attached hydrogens (tertiary/aromatic N) is 3. The van der Waals surface area contributed by atoms with Crippen LogP contribution >= 0.6 is 11.3 Å². The molecule has 2 aromatic heterocycles. The zero-order valence-corrected chi connectivity index (χ0v) is 18.9. The molecular weight excluding hydrogens is 457 g/mol. The van der Waals surface area contributed by atoms with E-state index in [0.29, 0.717) is 11.3 Å². The Bertz CT molecular complexity index is 1220. The lowest BCUT2D eigenvalue weighted by molar-refractivity contribution is -0.137. The van der Waals surface area contributed by atoms with E-state index in [1.54, 1.807) is 18.5 Å². The van der Waals surface area contributed by atoms with Gasteiger partial charge in [0.1, 0.15) is 12.4 Å². The zero-order valence-electron chi connectivity index (χ0n) is 18.1. The van der Waals surface area contributed by atoms with Crippen LogP contribution in [0.2, 0.25) is 0 Å². The Morgan fingerprint density at radius 3 is 2.76 bits per heavy atom. The molecule has 0 aliphatic rings. The number of carbonyl (C=O) groups is 2. The molecule has 0 atom stereocenters. The molecule has 0 unspecified atom stereocenters. The molecule has 0 spiro atoms. The largest absolute Gasteiger partial charge is 0.491 e. The molecule has 1 N–H and O–H groups in total. The van der Waals surface area contributed by atoms with E-state index in [1.165, 1.54) is 18.3 Å². The molecule has 2 heterocycles. The van der Waals surface area contributed by atoms with Gasteiger partial charge in [-0.3, -0.25) is 14.6 Å². The number of fused-ring (bicyclic) bond motifs is 1. The van der Waals surface area contributed by atoms with Crippen LogP contribution in [-0.4, -0.2) is 34.5 Å². The molecule has 2 amide bonds. The second-order valence-electron chi connectivity index (χ2n) is 7.19. The van der Waals surface area contributed by atoms with Gasteiger partial charge in [-0.2, -0.15) is 18.2 Å². The molecule has 11 heteroatoms. The highest BCUT2D eigenvalue weighted by Crippen LogP contribution is 2.33. The summed E-state index contributed by atoms with van der Waals surface area (Å²) < 4.78 is 48.1. The fraction of sp³-hybridized carbons (Fsp3) is 0.364. The van der Waals surface area contributed by atoms with Gasteiger partial charge in [0, 0.05) is 19.7 Å². The predicted molar refractivity (Wildman–Crippen MR) is 118 cm³/mol. The summed E-state index contributed by atoms with van der Waals surface area (Å²) in [6.07, 6.45) is 0.420. The van der Waals surface area contributed by atoms with Gasteiger partial charge in [0.15, 0.2) is 4.80 Å². The number of alkyl halides is 3. The lowest BCUT2D eigenvalue weighted by atomic mass is 10.1. The molecule has 3 aromatic rings. The number of halogens is 3. The maximum Gasteiger partial charge on any atom is 0.416 e. The highest BCUT2D eigenvalue weighted by molar-refractivity contribution is 7.16. The first-order chi connectivity index (χ1) is 15.7. The topological polar surface area (TPSA) is 85.6 Å². The third-order valence-corrected chi connectivity index (χ3v) is 5.75. The Morgan fingerprint density at radius 1 is 1.27 bits per heavy atom. The van der Waals surface area contributed by atoms with Crippen molar-refractivity contribution in [2.75, 3.05) is 13.2 Å². The molecule has 0 bridgehead atoms. The van der Waals surface area contributed by atoms with Gasteiger partial charge in [-0.15, -0.1) is 0 Å². The first kappa shape index (κ1) is 24.4. The smallest absolute Gasteiger partial charge is 0.416 e. The molecule has 0 radical (unpaired) electrons. The van der Waals surface area contributed by atoms with Crippen LogP contribution < -0.4 is 14.9 Å². The van der Waals surface area contributed by atoms with Crippen LogP contribution in [-0.2, 0) is 17.5 Å². The SMILES string of the molecule is CCCCn1/c(=N/C(=O)c2cc(C(F)(F)F)ccc2OCCNC(C)=O)sc2ccncc21.